The lowest BCUT2D eigenvalue weighted by Crippen LogP contribution is -2.62. The lowest BCUT2D eigenvalue weighted by molar-refractivity contribution is -0.156. The number of fused-ring (bicyclic) bond motifs is 1. The predicted molar refractivity (Wildman–Crippen MR) is 102 cm³/mol. The highest BCUT2D eigenvalue weighted by atomic mass is 16.5. The van der Waals surface area contributed by atoms with Crippen molar-refractivity contribution < 1.29 is 19.1 Å². The van der Waals surface area contributed by atoms with E-state index in [1.165, 1.54) is 0 Å². The van der Waals surface area contributed by atoms with Gasteiger partial charge in [0, 0.05) is 38.2 Å². The smallest absolute Gasteiger partial charge is 0.228 e. The minimum Gasteiger partial charge on any atom is -0.496 e. The fourth-order valence-electron chi connectivity index (χ4n) is 4.66. The van der Waals surface area contributed by atoms with Crippen LogP contribution >= 0.6 is 0 Å². The van der Waals surface area contributed by atoms with Crippen molar-refractivity contribution in [1.82, 2.24) is 10.2 Å². The van der Waals surface area contributed by atoms with Crippen molar-refractivity contribution in [2.75, 3.05) is 27.4 Å². The van der Waals surface area contributed by atoms with Crippen LogP contribution in [0, 0.1) is 5.41 Å². The summed E-state index contributed by atoms with van der Waals surface area (Å²) in [4.78, 5) is 27.7. The Morgan fingerprint density at radius 2 is 2.07 bits per heavy atom. The molecule has 0 unspecified atom stereocenters. The molecule has 6 heteroatoms. The third-order valence-electron chi connectivity index (χ3n) is 6.09. The number of amides is 2. The van der Waals surface area contributed by atoms with Crippen molar-refractivity contribution in [3.63, 3.8) is 0 Å². The molecule has 0 bridgehead atoms. The van der Waals surface area contributed by atoms with Crippen LogP contribution in [0.1, 0.15) is 44.1 Å². The molecule has 1 aromatic carbocycles. The Morgan fingerprint density at radius 1 is 1.26 bits per heavy atom. The van der Waals surface area contributed by atoms with E-state index in [0.29, 0.717) is 32.5 Å². The van der Waals surface area contributed by atoms with Crippen LogP contribution in [0.4, 0.5) is 0 Å². The normalized spacial score (nSPS) is 25.0. The van der Waals surface area contributed by atoms with Crippen molar-refractivity contribution in [3.8, 4) is 5.75 Å². The first kappa shape index (κ1) is 19.7. The summed E-state index contributed by atoms with van der Waals surface area (Å²) in [6, 6.07) is 7.69. The van der Waals surface area contributed by atoms with Gasteiger partial charge in [0.1, 0.15) is 5.75 Å². The van der Waals surface area contributed by atoms with Crippen molar-refractivity contribution in [1.29, 1.82) is 0 Å². The maximum Gasteiger partial charge on any atom is 0.228 e. The number of nitrogens with one attached hydrogen (secondary N) is 1. The Bertz CT molecular complexity index is 678. The van der Waals surface area contributed by atoms with Gasteiger partial charge >= 0.3 is 0 Å². The Balaban J connectivity index is 1.76. The van der Waals surface area contributed by atoms with Crippen molar-refractivity contribution in [2.24, 2.45) is 5.41 Å². The highest BCUT2D eigenvalue weighted by Crippen LogP contribution is 2.46. The SMILES string of the molecule is COCCN1C(=O)CC[C@]2(C(=O)NCc3ccccc3OC)CCCC[C@@H]12. The number of hydrogen-bond donors (Lipinski definition) is 1. The number of nitrogens with zero attached hydrogens (tertiary/aromatic N) is 1. The van der Waals surface area contributed by atoms with Gasteiger partial charge in [-0.25, -0.2) is 0 Å². The molecule has 6 nitrogen and oxygen atoms in total. The van der Waals surface area contributed by atoms with E-state index >= 15 is 0 Å². The summed E-state index contributed by atoms with van der Waals surface area (Å²) in [5.41, 5.74) is 0.474. The summed E-state index contributed by atoms with van der Waals surface area (Å²) in [6.07, 6.45) is 4.89. The van der Waals surface area contributed by atoms with Crippen molar-refractivity contribution in [3.05, 3.63) is 29.8 Å². The van der Waals surface area contributed by atoms with Gasteiger partial charge in [0.05, 0.1) is 19.1 Å². The maximum atomic E-state index is 13.3. The predicted octanol–water partition coefficient (Wildman–Crippen LogP) is 2.51. The van der Waals surface area contributed by atoms with Gasteiger partial charge in [-0.3, -0.25) is 9.59 Å². The van der Waals surface area contributed by atoms with Crippen LogP contribution in [-0.4, -0.2) is 50.1 Å². The minimum absolute atomic E-state index is 0.0275. The average molecular weight is 374 g/mol. The molecule has 1 aliphatic carbocycles. The number of benzene rings is 1. The molecule has 27 heavy (non-hydrogen) atoms. The Hall–Kier alpha value is -2.08. The monoisotopic (exact) mass is 374 g/mol. The number of piperidine rings is 1. The summed E-state index contributed by atoms with van der Waals surface area (Å²) in [5, 5.41) is 3.14. The third kappa shape index (κ3) is 3.95. The van der Waals surface area contributed by atoms with Gasteiger partial charge in [-0.2, -0.15) is 0 Å². The topological polar surface area (TPSA) is 67.9 Å². The molecule has 2 amide bonds. The molecule has 0 spiro atoms. The Kier molecular flexibility index (Phi) is 6.37. The highest BCUT2D eigenvalue weighted by molar-refractivity contribution is 5.88. The van der Waals surface area contributed by atoms with Gasteiger partial charge in [0.25, 0.3) is 0 Å². The van der Waals surface area contributed by atoms with Crippen LogP contribution in [0.15, 0.2) is 24.3 Å². The lowest BCUT2D eigenvalue weighted by atomic mass is 9.64. The van der Waals surface area contributed by atoms with Crippen LogP contribution in [0.3, 0.4) is 0 Å². The molecule has 1 aliphatic heterocycles. The Labute approximate surface area is 161 Å². The second-order valence-corrected chi connectivity index (χ2v) is 7.49. The van der Waals surface area contributed by atoms with Crippen LogP contribution in [0.5, 0.6) is 5.75 Å². The fraction of sp³-hybridized carbons (Fsp3) is 0.619. The van der Waals surface area contributed by atoms with Crippen molar-refractivity contribution >= 4 is 11.8 Å². The van der Waals surface area contributed by atoms with Crippen molar-refractivity contribution in [2.45, 2.75) is 51.1 Å². The van der Waals surface area contributed by atoms with E-state index in [0.717, 1.165) is 37.0 Å². The largest absolute Gasteiger partial charge is 0.496 e. The van der Waals surface area contributed by atoms with Gasteiger partial charge in [-0.1, -0.05) is 31.0 Å². The van der Waals surface area contributed by atoms with Gasteiger partial charge in [-0.05, 0) is 25.3 Å². The van der Waals surface area contributed by atoms with E-state index in [9.17, 15) is 9.59 Å². The number of rotatable bonds is 7. The first-order chi connectivity index (χ1) is 13.1. The molecule has 0 aromatic heterocycles. The first-order valence-corrected chi connectivity index (χ1v) is 9.81. The molecule has 1 saturated carbocycles. The number of para-hydroxylation sites is 1. The van der Waals surface area contributed by atoms with E-state index in [1.54, 1.807) is 14.2 Å². The number of hydrogen-bond acceptors (Lipinski definition) is 4. The molecular formula is C21H30N2O4. The van der Waals surface area contributed by atoms with Gasteiger partial charge < -0.3 is 19.7 Å². The molecule has 2 fully saturated rings. The van der Waals surface area contributed by atoms with E-state index < -0.39 is 5.41 Å². The van der Waals surface area contributed by atoms with E-state index in [-0.39, 0.29) is 17.9 Å². The van der Waals surface area contributed by atoms with Crippen LogP contribution in [-0.2, 0) is 20.9 Å². The molecule has 3 rings (SSSR count). The lowest BCUT2D eigenvalue weighted by Gasteiger charge is -2.51. The molecule has 148 valence electrons. The number of carbonyl (C=O) groups excluding carboxylic acids is 2. The maximum absolute atomic E-state index is 13.3. The van der Waals surface area contributed by atoms with Crippen LogP contribution < -0.4 is 10.1 Å². The molecule has 0 radical (unpaired) electrons. The summed E-state index contributed by atoms with van der Waals surface area (Å²) >= 11 is 0. The second-order valence-electron chi connectivity index (χ2n) is 7.49. The summed E-state index contributed by atoms with van der Waals surface area (Å²) in [7, 11) is 3.28. The zero-order valence-electron chi connectivity index (χ0n) is 16.3. The zero-order chi connectivity index (χ0) is 19.3. The number of methoxy groups -OCH3 is 2. The molecule has 1 heterocycles. The minimum atomic E-state index is -0.484. The van der Waals surface area contributed by atoms with Crippen LogP contribution in [0.2, 0.25) is 0 Å². The standard InChI is InChI=1S/C21H30N2O4/c1-26-14-13-23-18-9-5-6-11-21(18,12-10-19(23)24)20(25)22-15-16-7-3-4-8-17(16)27-2/h3-4,7-8,18H,5-6,9-15H2,1-2H3,(H,22,25)/t18-,21-/m1/s1. The second kappa shape index (κ2) is 8.74. The summed E-state index contributed by atoms with van der Waals surface area (Å²) in [5.74, 6) is 0.983. The van der Waals surface area contributed by atoms with Gasteiger partial charge in [0.15, 0.2) is 0 Å². The summed E-state index contributed by atoms with van der Waals surface area (Å²) in [6.45, 7) is 1.49. The molecule has 2 aliphatic rings. The van der Waals surface area contributed by atoms with Crippen LogP contribution in [0.25, 0.3) is 0 Å². The molecule has 1 aromatic rings. The van der Waals surface area contributed by atoms with E-state index in [2.05, 4.69) is 5.32 Å². The number of ether oxygens (including phenoxy) is 2. The molecule has 1 N–H and O–H groups in total. The molecule has 2 atom stereocenters. The number of likely N-dealkylation sites (tertiary alicyclic amines) is 1. The van der Waals surface area contributed by atoms with Gasteiger partial charge in [-0.15, -0.1) is 0 Å². The fourth-order valence-corrected chi connectivity index (χ4v) is 4.66. The van der Waals surface area contributed by atoms with E-state index in [4.69, 9.17) is 9.47 Å². The third-order valence-corrected chi connectivity index (χ3v) is 6.09. The zero-order valence-corrected chi connectivity index (χ0v) is 16.3. The molecule has 1 saturated heterocycles. The number of carbonyl (C=O) groups is 2. The summed E-state index contributed by atoms with van der Waals surface area (Å²) < 4.78 is 10.6. The van der Waals surface area contributed by atoms with E-state index in [1.807, 2.05) is 29.2 Å². The van der Waals surface area contributed by atoms with Gasteiger partial charge in [0.2, 0.25) is 11.8 Å². The average Bonchev–Trinajstić information content (AvgIpc) is 2.71. The first-order valence-electron chi connectivity index (χ1n) is 9.81. The quantitative estimate of drug-likeness (QED) is 0.796. The Morgan fingerprint density at radius 3 is 2.85 bits per heavy atom. The molecular weight excluding hydrogens is 344 g/mol. The highest BCUT2D eigenvalue weighted by Gasteiger charge is 2.52.